The summed E-state index contributed by atoms with van der Waals surface area (Å²) in [6, 6.07) is 8.10. The van der Waals surface area contributed by atoms with Gasteiger partial charge in [-0.25, -0.2) is 4.98 Å². The number of nitrogens with one attached hydrogen (secondary N) is 1. The van der Waals surface area contributed by atoms with Crippen LogP contribution in [0.1, 0.15) is 6.92 Å². The van der Waals surface area contributed by atoms with Crippen LogP contribution in [0.2, 0.25) is 0 Å². The van der Waals surface area contributed by atoms with Crippen LogP contribution in [0.25, 0.3) is 10.9 Å². The molecule has 1 unspecified atom stereocenters. The second-order valence-electron chi connectivity index (χ2n) is 4.91. The van der Waals surface area contributed by atoms with Crippen molar-refractivity contribution in [3.63, 3.8) is 0 Å². The monoisotopic (exact) mass is 267 g/mol. The van der Waals surface area contributed by atoms with Gasteiger partial charge in [0.2, 0.25) is 0 Å². The first-order valence-corrected chi connectivity index (χ1v) is 6.59. The molecule has 20 heavy (non-hydrogen) atoms. The van der Waals surface area contributed by atoms with Crippen molar-refractivity contribution < 1.29 is 0 Å². The Kier molecular flexibility index (Phi) is 3.25. The van der Waals surface area contributed by atoms with E-state index >= 15 is 0 Å². The van der Waals surface area contributed by atoms with Crippen LogP contribution in [0.15, 0.2) is 49.2 Å². The van der Waals surface area contributed by atoms with Gasteiger partial charge < -0.3 is 15.6 Å². The zero-order chi connectivity index (χ0) is 13.9. The summed E-state index contributed by atoms with van der Waals surface area (Å²) >= 11 is 0. The molecule has 2 heterocycles. The van der Waals surface area contributed by atoms with Gasteiger partial charge in [0.15, 0.2) is 0 Å². The maximum Gasteiger partial charge on any atom is 0.0951 e. The number of benzene rings is 1. The molecule has 5 nitrogen and oxygen atoms in total. The Labute approximate surface area is 117 Å². The Morgan fingerprint density at radius 3 is 3.00 bits per heavy atom. The van der Waals surface area contributed by atoms with Gasteiger partial charge in [-0.1, -0.05) is 12.1 Å². The second-order valence-corrected chi connectivity index (χ2v) is 4.91. The molecule has 3 aromatic rings. The average molecular weight is 267 g/mol. The third-order valence-electron chi connectivity index (χ3n) is 3.25. The summed E-state index contributed by atoms with van der Waals surface area (Å²) in [7, 11) is 0. The first-order valence-electron chi connectivity index (χ1n) is 6.59. The fourth-order valence-electron chi connectivity index (χ4n) is 2.35. The number of nitrogens with two attached hydrogens (primary N) is 1. The highest BCUT2D eigenvalue weighted by molar-refractivity contribution is 5.97. The second kappa shape index (κ2) is 5.21. The van der Waals surface area contributed by atoms with Crippen molar-refractivity contribution in [3.8, 4) is 0 Å². The Morgan fingerprint density at radius 1 is 1.30 bits per heavy atom. The number of hydrogen-bond acceptors (Lipinski definition) is 4. The van der Waals surface area contributed by atoms with Crippen LogP contribution in [0, 0.1) is 0 Å². The van der Waals surface area contributed by atoms with Crippen molar-refractivity contribution in [2.24, 2.45) is 0 Å². The Bertz CT molecular complexity index is 705. The molecule has 0 aliphatic rings. The van der Waals surface area contributed by atoms with Gasteiger partial charge in [-0.05, 0) is 19.1 Å². The van der Waals surface area contributed by atoms with E-state index in [0.717, 1.165) is 23.1 Å². The number of hydrogen-bond donors (Lipinski definition) is 2. The smallest absolute Gasteiger partial charge is 0.0951 e. The standard InChI is InChI=1S/C15H17N5/c1-11(9-20-8-7-17-10-20)19-14-5-6-18-15-12(14)3-2-4-13(15)16/h2-8,10-11H,9,16H2,1H3,(H,18,19). The number of pyridine rings is 1. The van der Waals surface area contributed by atoms with Crippen LogP contribution in [-0.2, 0) is 6.54 Å². The number of nitrogen functional groups attached to an aromatic ring is 1. The highest BCUT2D eigenvalue weighted by atomic mass is 15.1. The number of para-hydroxylation sites is 1. The number of rotatable bonds is 4. The van der Waals surface area contributed by atoms with Crippen LogP contribution in [0.5, 0.6) is 0 Å². The molecule has 0 bridgehead atoms. The van der Waals surface area contributed by atoms with E-state index in [4.69, 9.17) is 5.73 Å². The molecule has 0 fully saturated rings. The van der Waals surface area contributed by atoms with Gasteiger partial charge in [0.1, 0.15) is 0 Å². The van der Waals surface area contributed by atoms with Crippen LogP contribution in [0.3, 0.4) is 0 Å². The molecule has 2 aromatic heterocycles. The molecular weight excluding hydrogens is 250 g/mol. The van der Waals surface area contributed by atoms with Crippen LogP contribution < -0.4 is 11.1 Å². The molecule has 0 amide bonds. The zero-order valence-electron chi connectivity index (χ0n) is 11.3. The predicted octanol–water partition coefficient (Wildman–Crippen LogP) is 2.51. The molecule has 3 rings (SSSR count). The summed E-state index contributed by atoms with van der Waals surface area (Å²) in [5.41, 5.74) is 8.56. The quantitative estimate of drug-likeness (QED) is 0.713. The first-order chi connectivity index (χ1) is 9.74. The lowest BCUT2D eigenvalue weighted by Gasteiger charge is -2.17. The van der Waals surface area contributed by atoms with Crippen LogP contribution in [-0.4, -0.2) is 20.6 Å². The molecule has 102 valence electrons. The Hall–Kier alpha value is -2.56. The average Bonchev–Trinajstić information content (AvgIpc) is 2.93. The van der Waals surface area contributed by atoms with Crippen molar-refractivity contribution in [2.75, 3.05) is 11.1 Å². The summed E-state index contributed by atoms with van der Waals surface area (Å²) in [6.45, 7) is 2.99. The lowest BCUT2D eigenvalue weighted by Crippen LogP contribution is -2.21. The fraction of sp³-hybridized carbons (Fsp3) is 0.200. The maximum absolute atomic E-state index is 5.96. The number of nitrogens with zero attached hydrogens (tertiary/aromatic N) is 3. The van der Waals surface area contributed by atoms with Gasteiger partial charge in [-0.15, -0.1) is 0 Å². The highest BCUT2D eigenvalue weighted by Gasteiger charge is 2.07. The van der Waals surface area contributed by atoms with Crippen molar-refractivity contribution in [2.45, 2.75) is 19.5 Å². The lowest BCUT2D eigenvalue weighted by molar-refractivity contribution is 0.619. The van der Waals surface area contributed by atoms with E-state index in [1.165, 1.54) is 0 Å². The summed E-state index contributed by atoms with van der Waals surface area (Å²) in [5.74, 6) is 0. The third-order valence-corrected chi connectivity index (χ3v) is 3.25. The minimum atomic E-state index is 0.274. The molecule has 0 saturated heterocycles. The zero-order valence-corrected chi connectivity index (χ0v) is 11.3. The lowest BCUT2D eigenvalue weighted by atomic mass is 10.1. The summed E-state index contributed by atoms with van der Waals surface area (Å²) in [5, 5.41) is 4.55. The first kappa shape index (κ1) is 12.5. The molecule has 0 aliphatic heterocycles. The third kappa shape index (κ3) is 2.42. The topological polar surface area (TPSA) is 68.8 Å². The molecular formula is C15H17N5. The van der Waals surface area contributed by atoms with Gasteiger partial charge in [0, 0.05) is 42.3 Å². The van der Waals surface area contributed by atoms with Gasteiger partial charge >= 0.3 is 0 Å². The van der Waals surface area contributed by atoms with Crippen molar-refractivity contribution in [1.29, 1.82) is 0 Å². The van der Waals surface area contributed by atoms with Gasteiger partial charge in [-0.2, -0.15) is 0 Å². The van der Waals surface area contributed by atoms with E-state index in [-0.39, 0.29) is 6.04 Å². The summed E-state index contributed by atoms with van der Waals surface area (Å²) in [6.07, 6.45) is 7.35. The highest BCUT2D eigenvalue weighted by Crippen LogP contribution is 2.25. The van der Waals surface area contributed by atoms with E-state index < -0.39 is 0 Å². The molecule has 3 N–H and O–H groups in total. The number of fused-ring (bicyclic) bond motifs is 1. The van der Waals surface area contributed by atoms with E-state index in [1.54, 1.807) is 12.4 Å². The minimum Gasteiger partial charge on any atom is -0.397 e. The molecule has 5 heteroatoms. The molecule has 0 spiro atoms. The minimum absolute atomic E-state index is 0.274. The number of aromatic nitrogens is 3. The van der Waals surface area contributed by atoms with Gasteiger partial charge in [-0.3, -0.25) is 4.98 Å². The molecule has 0 aliphatic carbocycles. The van der Waals surface area contributed by atoms with Crippen molar-refractivity contribution in [3.05, 3.63) is 49.2 Å². The molecule has 1 aromatic carbocycles. The Morgan fingerprint density at radius 2 is 2.20 bits per heavy atom. The fourth-order valence-corrected chi connectivity index (χ4v) is 2.35. The number of imidazole rings is 1. The van der Waals surface area contributed by atoms with Crippen LogP contribution >= 0.6 is 0 Å². The molecule has 0 saturated carbocycles. The van der Waals surface area contributed by atoms with Gasteiger partial charge in [0.25, 0.3) is 0 Å². The summed E-state index contributed by atoms with van der Waals surface area (Å²) < 4.78 is 2.05. The van der Waals surface area contributed by atoms with Crippen molar-refractivity contribution >= 4 is 22.3 Å². The van der Waals surface area contributed by atoms with Crippen LogP contribution in [0.4, 0.5) is 11.4 Å². The normalized spacial score (nSPS) is 12.4. The number of anilines is 2. The molecule has 1 atom stereocenters. The van der Waals surface area contributed by atoms with E-state index in [2.05, 4.69) is 26.8 Å². The van der Waals surface area contributed by atoms with Gasteiger partial charge in [0.05, 0.1) is 17.5 Å². The van der Waals surface area contributed by atoms with E-state index in [1.807, 2.05) is 36.8 Å². The SMILES string of the molecule is CC(Cn1ccnc1)Nc1ccnc2c(N)cccc12. The van der Waals surface area contributed by atoms with E-state index in [9.17, 15) is 0 Å². The Balaban J connectivity index is 1.85. The maximum atomic E-state index is 5.96. The van der Waals surface area contributed by atoms with E-state index in [0.29, 0.717) is 5.69 Å². The predicted molar refractivity (Wildman–Crippen MR) is 81.5 cm³/mol. The summed E-state index contributed by atoms with van der Waals surface area (Å²) in [4.78, 5) is 8.40. The molecule has 0 radical (unpaired) electrons. The largest absolute Gasteiger partial charge is 0.397 e. The van der Waals surface area contributed by atoms with Crippen molar-refractivity contribution in [1.82, 2.24) is 14.5 Å².